The highest BCUT2D eigenvalue weighted by molar-refractivity contribution is 8.26. The zero-order valence-electron chi connectivity index (χ0n) is 22.3. The SMILES string of the molecule is COc1ccc(C(F)(F)F)cc1-c1cn(CC(=O)N(C)C)c(=O)cc1C(=O)NC(=N)SC(=N)C#CC(=N)/C=C(/C)N. The van der Waals surface area contributed by atoms with Crippen LogP contribution in [0.15, 0.2) is 47.0 Å². The molecule has 6 N–H and O–H groups in total. The Kier molecular flexibility index (Phi) is 10.6. The number of nitrogens with zero attached hydrogens (tertiary/aromatic N) is 2. The minimum atomic E-state index is -4.74. The number of amides is 2. The lowest BCUT2D eigenvalue weighted by atomic mass is 9.98. The average Bonchev–Trinajstić information content (AvgIpc) is 2.86. The Labute approximate surface area is 237 Å². The number of likely N-dealkylation sites (N-methyl/N-ethyl adjacent to an activating group) is 1. The van der Waals surface area contributed by atoms with E-state index in [9.17, 15) is 27.6 Å². The summed E-state index contributed by atoms with van der Waals surface area (Å²) < 4.78 is 46.8. The number of nitrogens with two attached hydrogens (primary N) is 1. The molecule has 0 saturated carbocycles. The van der Waals surface area contributed by atoms with Gasteiger partial charge < -0.3 is 25.3 Å². The summed E-state index contributed by atoms with van der Waals surface area (Å²) in [5.41, 5.74) is 2.95. The minimum Gasteiger partial charge on any atom is -0.496 e. The van der Waals surface area contributed by atoms with E-state index in [-0.39, 0.29) is 22.6 Å². The Balaban J connectivity index is 2.55. The van der Waals surface area contributed by atoms with E-state index in [0.717, 1.165) is 35.0 Å². The van der Waals surface area contributed by atoms with Gasteiger partial charge in [-0.25, -0.2) is 0 Å². The van der Waals surface area contributed by atoms with Crippen LogP contribution < -0.4 is 21.3 Å². The molecule has 0 bridgehead atoms. The molecule has 2 aromatic rings. The van der Waals surface area contributed by atoms with Crippen molar-refractivity contribution >= 4 is 39.5 Å². The number of alkyl halides is 3. The number of pyridine rings is 1. The van der Waals surface area contributed by atoms with Gasteiger partial charge in [0.05, 0.1) is 18.2 Å². The van der Waals surface area contributed by atoms with Crippen LogP contribution in [0.1, 0.15) is 22.8 Å². The molecule has 0 fully saturated rings. The van der Waals surface area contributed by atoms with Gasteiger partial charge in [-0.1, -0.05) is 0 Å². The maximum absolute atomic E-state index is 13.5. The molecule has 2 amide bonds. The first kappa shape index (κ1) is 32.4. The molecular formula is C26H26F3N7O4S. The number of ether oxygens (including phenoxy) is 1. The van der Waals surface area contributed by atoms with Gasteiger partial charge in [-0.2, -0.15) is 13.2 Å². The van der Waals surface area contributed by atoms with Gasteiger partial charge in [0.1, 0.15) is 23.0 Å². The summed E-state index contributed by atoms with van der Waals surface area (Å²) >= 11 is 0.423. The van der Waals surface area contributed by atoms with Gasteiger partial charge in [0, 0.05) is 43.2 Å². The van der Waals surface area contributed by atoms with Crippen molar-refractivity contribution in [3.05, 3.63) is 63.7 Å². The first-order chi connectivity index (χ1) is 19.0. The average molecular weight is 590 g/mol. The Morgan fingerprint density at radius 1 is 1.17 bits per heavy atom. The van der Waals surface area contributed by atoms with E-state index in [4.69, 9.17) is 26.7 Å². The molecule has 0 atom stereocenters. The smallest absolute Gasteiger partial charge is 0.416 e. The number of amidine groups is 1. The third-order valence-electron chi connectivity index (χ3n) is 5.11. The van der Waals surface area contributed by atoms with Crippen molar-refractivity contribution in [3.63, 3.8) is 0 Å². The zero-order valence-corrected chi connectivity index (χ0v) is 23.1. The van der Waals surface area contributed by atoms with Crippen molar-refractivity contribution in [3.8, 4) is 28.7 Å². The number of rotatable bonds is 6. The van der Waals surface area contributed by atoms with Crippen LogP contribution >= 0.6 is 11.8 Å². The molecule has 1 aromatic heterocycles. The summed E-state index contributed by atoms with van der Waals surface area (Å²) in [6, 6.07) is 3.42. The molecule has 1 aromatic carbocycles. The standard InChI is InChI=1S/C26H26F3N7O4S/c1-14(30)9-16(31)6-8-21(32)41-25(33)34-24(39)18-11-22(37)36(13-23(38)35(2)3)12-19(18)17-10-15(26(27,28)29)5-7-20(17)40-4/h5,7,9-12,31-32H,13,30H2,1-4H3,(H2,33,34,39)/b14-9-,31-16?,32-21?. The second kappa shape index (κ2) is 13.5. The second-order valence-corrected chi connectivity index (χ2v) is 9.55. The fourth-order valence-corrected chi connectivity index (χ4v) is 3.64. The number of halogens is 3. The first-order valence-electron chi connectivity index (χ1n) is 11.4. The number of hydrogen-bond donors (Lipinski definition) is 5. The van der Waals surface area contributed by atoms with Crippen LogP contribution in [0.5, 0.6) is 5.75 Å². The monoisotopic (exact) mass is 589 g/mol. The molecule has 15 heteroatoms. The van der Waals surface area contributed by atoms with Gasteiger partial charge >= 0.3 is 6.18 Å². The van der Waals surface area contributed by atoms with Crippen molar-refractivity contribution in [1.29, 1.82) is 16.2 Å². The predicted octanol–water partition coefficient (Wildman–Crippen LogP) is 2.89. The molecule has 0 radical (unpaired) electrons. The Hall–Kier alpha value is -4.84. The number of methoxy groups -OCH3 is 1. The zero-order chi connectivity index (χ0) is 31.1. The van der Waals surface area contributed by atoms with Crippen molar-refractivity contribution in [2.75, 3.05) is 21.2 Å². The van der Waals surface area contributed by atoms with Crippen molar-refractivity contribution < 1.29 is 27.5 Å². The summed E-state index contributed by atoms with van der Waals surface area (Å²) in [6.45, 7) is 1.08. The van der Waals surface area contributed by atoms with Crippen LogP contribution in [-0.2, 0) is 17.5 Å². The van der Waals surface area contributed by atoms with E-state index < -0.39 is 51.4 Å². The normalized spacial score (nSPS) is 11.1. The molecule has 0 saturated heterocycles. The molecule has 0 aliphatic carbocycles. The summed E-state index contributed by atoms with van der Waals surface area (Å²) in [5, 5.41) is 24.7. The largest absolute Gasteiger partial charge is 0.496 e. The van der Waals surface area contributed by atoms with Gasteiger partial charge in [0.25, 0.3) is 11.5 Å². The van der Waals surface area contributed by atoms with Crippen LogP contribution in [0.3, 0.4) is 0 Å². The molecular weight excluding hydrogens is 563 g/mol. The summed E-state index contributed by atoms with van der Waals surface area (Å²) in [5.74, 6) is 3.07. The number of carbonyl (C=O) groups is 2. The van der Waals surface area contributed by atoms with Gasteiger partial charge in [0.2, 0.25) is 5.91 Å². The molecule has 216 valence electrons. The van der Waals surface area contributed by atoms with Crippen LogP contribution in [-0.4, -0.2) is 58.4 Å². The van der Waals surface area contributed by atoms with E-state index in [1.807, 2.05) is 0 Å². The third-order valence-corrected chi connectivity index (χ3v) is 5.72. The van der Waals surface area contributed by atoms with E-state index in [1.54, 1.807) is 6.92 Å². The molecule has 0 unspecified atom stereocenters. The Morgan fingerprint density at radius 3 is 2.39 bits per heavy atom. The quantitative estimate of drug-likeness (QED) is 0.196. The van der Waals surface area contributed by atoms with Crippen LogP contribution in [0.25, 0.3) is 11.1 Å². The maximum atomic E-state index is 13.5. The van der Waals surface area contributed by atoms with Gasteiger partial charge in [0.15, 0.2) is 5.17 Å². The van der Waals surface area contributed by atoms with Gasteiger partial charge in [-0.3, -0.25) is 30.6 Å². The van der Waals surface area contributed by atoms with Gasteiger partial charge in [-0.05, 0) is 54.8 Å². The number of allylic oxidation sites excluding steroid dienone is 2. The molecule has 0 aliphatic rings. The molecule has 11 nitrogen and oxygen atoms in total. The van der Waals surface area contributed by atoms with Crippen LogP contribution in [0.2, 0.25) is 0 Å². The number of carbonyl (C=O) groups excluding carboxylic acids is 2. The highest BCUT2D eigenvalue weighted by Gasteiger charge is 2.32. The van der Waals surface area contributed by atoms with Crippen molar-refractivity contribution in [1.82, 2.24) is 14.8 Å². The number of aromatic nitrogens is 1. The van der Waals surface area contributed by atoms with Crippen LogP contribution in [0, 0.1) is 28.1 Å². The highest BCUT2D eigenvalue weighted by Crippen LogP contribution is 2.38. The van der Waals surface area contributed by atoms with Gasteiger partial charge in [-0.15, -0.1) is 0 Å². The molecule has 1 heterocycles. The predicted molar refractivity (Wildman–Crippen MR) is 150 cm³/mol. The summed E-state index contributed by atoms with van der Waals surface area (Å²) in [6.07, 6.45) is -2.41. The summed E-state index contributed by atoms with van der Waals surface area (Å²) in [4.78, 5) is 39.5. The molecule has 0 aliphatic heterocycles. The van der Waals surface area contributed by atoms with Crippen LogP contribution in [0.4, 0.5) is 13.2 Å². The number of benzene rings is 1. The summed E-state index contributed by atoms with van der Waals surface area (Å²) in [7, 11) is 4.12. The molecule has 0 spiro atoms. The van der Waals surface area contributed by atoms with Crippen molar-refractivity contribution in [2.45, 2.75) is 19.6 Å². The third kappa shape index (κ3) is 9.11. The van der Waals surface area contributed by atoms with Crippen molar-refractivity contribution in [2.24, 2.45) is 5.73 Å². The number of hydrogen-bond acceptors (Lipinski definition) is 9. The molecule has 2 rings (SSSR count). The fraction of sp³-hybridized carbons (Fsp3) is 0.231. The Bertz CT molecular complexity index is 1560. The molecule has 41 heavy (non-hydrogen) atoms. The lowest BCUT2D eigenvalue weighted by molar-refractivity contribution is -0.137. The van der Waals surface area contributed by atoms with E-state index in [0.29, 0.717) is 17.5 Å². The lowest BCUT2D eigenvalue weighted by Gasteiger charge is -2.18. The Morgan fingerprint density at radius 2 is 1.83 bits per heavy atom. The highest BCUT2D eigenvalue weighted by atomic mass is 32.2. The topological polar surface area (TPSA) is 178 Å². The minimum absolute atomic E-state index is 0.0538. The lowest BCUT2D eigenvalue weighted by Crippen LogP contribution is -2.34. The van der Waals surface area contributed by atoms with E-state index in [1.165, 1.54) is 32.2 Å². The maximum Gasteiger partial charge on any atom is 0.416 e. The number of thioether (sulfide) groups is 1. The first-order valence-corrected chi connectivity index (χ1v) is 12.3. The number of nitrogens with one attached hydrogen (secondary N) is 4. The van der Waals surface area contributed by atoms with E-state index >= 15 is 0 Å². The van der Waals surface area contributed by atoms with E-state index in [2.05, 4.69) is 17.2 Å². The fourth-order valence-electron chi connectivity index (χ4n) is 3.19. The second-order valence-electron chi connectivity index (χ2n) is 8.53.